The number of aryl methyl sites for hydroxylation is 1. The van der Waals surface area contributed by atoms with E-state index >= 15 is 0 Å². The van der Waals surface area contributed by atoms with Crippen molar-refractivity contribution in [2.45, 2.75) is 71.1 Å². The Bertz CT molecular complexity index is 449. The molecule has 22 heavy (non-hydrogen) atoms. The van der Waals surface area contributed by atoms with Crippen LogP contribution in [0.3, 0.4) is 0 Å². The van der Waals surface area contributed by atoms with Gasteiger partial charge in [0.1, 0.15) is 0 Å². The largest absolute Gasteiger partial charge is 0.478 e. The summed E-state index contributed by atoms with van der Waals surface area (Å²) in [6.07, 6.45) is 15.9. The number of benzene rings is 1. The molecule has 0 saturated heterocycles. The van der Waals surface area contributed by atoms with Crippen LogP contribution in [0.25, 0.3) is 6.08 Å². The lowest BCUT2D eigenvalue weighted by Crippen LogP contribution is -1.92. The number of hydrogen-bond donors (Lipinski definition) is 1. The maximum Gasteiger partial charge on any atom is 0.328 e. The molecule has 0 bridgehead atoms. The van der Waals surface area contributed by atoms with Crippen LogP contribution in [0.1, 0.15) is 75.8 Å². The normalized spacial score (nSPS) is 11.1. The van der Waals surface area contributed by atoms with Gasteiger partial charge in [0.05, 0.1) is 0 Å². The second-order valence-electron chi connectivity index (χ2n) is 5.95. The summed E-state index contributed by atoms with van der Waals surface area (Å²) in [5.41, 5.74) is 2.28. The average Bonchev–Trinajstić information content (AvgIpc) is 2.52. The first-order valence-electron chi connectivity index (χ1n) is 8.73. The third-order valence-electron chi connectivity index (χ3n) is 4.01. The summed E-state index contributed by atoms with van der Waals surface area (Å²) in [4.78, 5) is 10.6. The van der Waals surface area contributed by atoms with Crippen LogP contribution in [0, 0.1) is 0 Å². The minimum atomic E-state index is -0.891. The Morgan fingerprint density at radius 3 is 2.18 bits per heavy atom. The molecule has 0 radical (unpaired) electrons. The molecule has 2 nitrogen and oxygen atoms in total. The monoisotopic (exact) mass is 302 g/mol. The van der Waals surface area contributed by atoms with Gasteiger partial charge in [-0.3, -0.25) is 0 Å². The van der Waals surface area contributed by atoms with Crippen molar-refractivity contribution in [2.75, 3.05) is 0 Å². The molecule has 0 saturated carbocycles. The van der Waals surface area contributed by atoms with E-state index in [0.29, 0.717) is 0 Å². The molecule has 0 amide bonds. The topological polar surface area (TPSA) is 37.3 Å². The van der Waals surface area contributed by atoms with Gasteiger partial charge in [0.2, 0.25) is 0 Å². The molecule has 1 N–H and O–H groups in total. The molecule has 0 fully saturated rings. The number of hydrogen-bond acceptors (Lipinski definition) is 1. The van der Waals surface area contributed by atoms with Crippen molar-refractivity contribution in [3.05, 3.63) is 41.5 Å². The van der Waals surface area contributed by atoms with Gasteiger partial charge in [0, 0.05) is 6.08 Å². The fraction of sp³-hybridized carbons (Fsp3) is 0.550. The van der Waals surface area contributed by atoms with Crippen LogP contribution in [-0.2, 0) is 11.2 Å². The highest BCUT2D eigenvalue weighted by Crippen LogP contribution is 2.16. The van der Waals surface area contributed by atoms with Gasteiger partial charge in [-0.15, -0.1) is 0 Å². The van der Waals surface area contributed by atoms with Crippen molar-refractivity contribution in [2.24, 2.45) is 0 Å². The second kappa shape index (κ2) is 12.0. The number of unbranched alkanes of at least 4 members (excludes halogenated alkanes) is 8. The number of carbonyl (C=O) groups is 1. The third kappa shape index (κ3) is 8.66. The minimum Gasteiger partial charge on any atom is -0.478 e. The number of carboxylic acid groups (broad SMARTS) is 1. The fourth-order valence-electron chi connectivity index (χ4n) is 2.71. The van der Waals surface area contributed by atoms with Crippen LogP contribution in [0.2, 0.25) is 0 Å². The van der Waals surface area contributed by atoms with Crippen LogP contribution in [-0.4, -0.2) is 11.1 Å². The maximum absolute atomic E-state index is 10.6. The molecule has 0 atom stereocenters. The molecule has 0 heterocycles. The van der Waals surface area contributed by atoms with Crippen molar-refractivity contribution in [1.82, 2.24) is 0 Å². The Morgan fingerprint density at radius 2 is 1.55 bits per heavy atom. The lowest BCUT2D eigenvalue weighted by molar-refractivity contribution is -0.131. The summed E-state index contributed by atoms with van der Waals surface area (Å²) in [6.45, 7) is 2.25. The molecule has 1 aromatic rings. The molecule has 0 aromatic heterocycles. The zero-order chi connectivity index (χ0) is 16.0. The van der Waals surface area contributed by atoms with Crippen LogP contribution in [0.15, 0.2) is 30.3 Å². The zero-order valence-electron chi connectivity index (χ0n) is 13.9. The summed E-state index contributed by atoms with van der Waals surface area (Å²) in [5.74, 6) is -0.891. The summed E-state index contributed by atoms with van der Waals surface area (Å²) in [6, 6.07) is 8.08. The second-order valence-corrected chi connectivity index (χ2v) is 5.95. The van der Waals surface area contributed by atoms with Crippen molar-refractivity contribution in [1.29, 1.82) is 0 Å². The zero-order valence-corrected chi connectivity index (χ0v) is 13.9. The Balaban J connectivity index is 2.21. The molecule has 1 aromatic carbocycles. The van der Waals surface area contributed by atoms with Gasteiger partial charge >= 0.3 is 5.97 Å². The highest BCUT2D eigenvalue weighted by Gasteiger charge is 2.00. The summed E-state index contributed by atoms with van der Waals surface area (Å²) < 4.78 is 0. The lowest BCUT2D eigenvalue weighted by atomic mass is 10.00. The Labute approximate surface area is 135 Å². The van der Waals surface area contributed by atoms with Gasteiger partial charge in [-0.1, -0.05) is 82.6 Å². The van der Waals surface area contributed by atoms with E-state index in [1.54, 1.807) is 6.08 Å². The predicted octanol–water partition coefficient (Wildman–Crippen LogP) is 5.86. The highest BCUT2D eigenvalue weighted by atomic mass is 16.4. The molecule has 2 heteroatoms. The molecule has 0 unspecified atom stereocenters. The van der Waals surface area contributed by atoms with Gasteiger partial charge in [0.25, 0.3) is 0 Å². The quantitative estimate of drug-likeness (QED) is 0.388. The van der Waals surface area contributed by atoms with E-state index in [-0.39, 0.29) is 0 Å². The smallest absolute Gasteiger partial charge is 0.328 e. The van der Waals surface area contributed by atoms with Gasteiger partial charge in [-0.05, 0) is 30.0 Å². The molecular formula is C20H30O2. The van der Waals surface area contributed by atoms with Crippen molar-refractivity contribution >= 4 is 12.0 Å². The molecule has 0 aliphatic rings. The fourth-order valence-corrected chi connectivity index (χ4v) is 2.71. The lowest BCUT2D eigenvalue weighted by Gasteiger charge is -2.06. The molecular weight excluding hydrogens is 272 g/mol. The first-order valence-corrected chi connectivity index (χ1v) is 8.73. The minimum absolute atomic E-state index is 0.891. The Hall–Kier alpha value is -1.57. The first-order chi connectivity index (χ1) is 10.7. The Morgan fingerprint density at radius 1 is 0.955 bits per heavy atom. The SMILES string of the molecule is CCCCCCCCCCCc1ccccc1C=CC(=O)O. The van der Waals surface area contributed by atoms with Crippen LogP contribution in [0.5, 0.6) is 0 Å². The maximum atomic E-state index is 10.6. The highest BCUT2D eigenvalue weighted by molar-refractivity contribution is 5.85. The number of rotatable bonds is 12. The summed E-state index contributed by atoms with van der Waals surface area (Å²) >= 11 is 0. The van der Waals surface area contributed by atoms with E-state index in [1.165, 1.54) is 69.4 Å². The standard InChI is InChI=1S/C20H30O2/c1-2-3-4-5-6-7-8-9-10-13-18-14-11-12-15-19(18)16-17-20(21)22/h11-12,14-17H,2-10,13H2,1H3,(H,21,22). The Kier molecular flexibility index (Phi) is 10.1. The van der Waals surface area contributed by atoms with E-state index in [9.17, 15) is 4.79 Å². The third-order valence-corrected chi connectivity index (χ3v) is 4.01. The van der Waals surface area contributed by atoms with E-state index < -0.39 is 5.97 Å². The van der Waals surface area contributed by atoms with Crippen LogP contribution >= 0.6 is 0 Å². The van der Waals surface area contributed by atoms with Crippen molar-refractivity contribution in [3.8, 4) is 0 Å². The van der Waals surface area contributed by atoms with E-state index in [4.69, 9.17) is 5.11 Å². The first kappa shape index (κ1) is 18.5. The molecule has 122 valence electrons. The van der Waals surface area contributed by atoms with Gasteiger partial charge in [-0.25, -0.2) is 4.79 Å². The molecule has 1 rings (SSSR count). The predicted molar refractivity (Wildman–Crippen MR) is 94.0 cm³/mol. The van der Waals surface area contributed by atoms with E-state index in [0.717, 1.165) is 12.0 Å². The van der Waals surface area contributed by atoms with Crippen LogP contribution in [0.4, 0.5) is 0 Å². The average molecular weight is 302 g/mol. The van der Waals surface area contributed by atoms with Gasteiger partial charge < -0.3 is 5.11 Å². The molecule has 0 spiro atoms. The summed E-state index contributed by atoms with van der Waals surface area (Å²) in [7, 11) is 0. The van der Waals surface area contributed by atoms with Gasteiger partial charge in [-0.2, -0.15) is 0 Å². The van der Waals surface area contributed by atoms with Crippen molar-refractivity contribution < 1.29 is 9.90 Å². The number of carboxylic acids is 1. The van der Waals surface area contributed by atoms with Crippen molar-refractivity contribution in [3.63, 3.8) is 0 Å². The number of aliphatic carboxylic acids is 1. The summed E-state index contributed by atoms with van der Waals surface area (Å²) in [5, 5.41) is 8.73. The van der Waals surface area contributed by atoms with Crippen LogP contribution < -0.4 is 0 Å². The van der Waals surface area contributed by atoms with E-state index in [2.05, 4.69) is 13.0 Å². The van der Waals surface area contributed by atoms with E-state index in [1.807, 2.05) is 18.2 Å². The molecule has 0 aliphatic carbocycles. The van der Waals surface area contributed by atoms with Gasteiger partial charge in [0.15, 0.2) is 0 Å². The molecule has 0 aliphatic heterocycles.